The molecule has 5 nitrogen and oxygen atoms in total. The number of nitrogens with zero attached hydrogens (tertiary/aromatic N) is 1. The van der Waals surface area contributed by atoms with E-state index in [1.807, 2.05) is 0 Å². The summed E-state index contributed by atoms with van der Waals surface area (Å²) in [6, 6.07) is 2.53. The van der Waals surface area contributed by atoms with Crippen molar-refractivity contribution in [3.8, 4) is 11.8 Å². The van der Waals surface area contributed by atoms with Gasteiger partial charge in [0.1, 0.15) is 0 Å². The minimum absolute atomic E-state index is 0.279. The molecule has 0 aliphatic heterocycles. The molecule has 1 rings (SSSR count). The first-order chi connectivity index (χ1) is 13.1. The van der Waals surface area contributed by atoms with Gasteiger partial charge in [0.15, 0.2) is 0 Å². The quantitative estimate of drug-likeness (QED) is 0.305. The van der Waals surface area contributed by atoms with E-state index < -0.39 is 5.97 Å². The van der Waals surface area contributed by atoms with Crippen molar-refractivity contribution in [2.24, 2.45) is 0 Å². The Morgan fingerprint density at radius 1 is 0.889 bits per heavy atom. The number of carbonyl (C=O) groups excluding carboxylic acids is 1. The molecule has 0 aliphatic carbocycles. The summed E-state index contributed by atoms with van der Waals surface area (Å²) in [4.78, 5) is 16.6. The van der Waals surface area contributed by atoms with E-state index in [9.17, 15) is 15.0 Å². The summed E-state index contributed by atoms with van der Waals surface area (Å²) in [6.45, 7) is 2.23. The van der Waals surface area contributed by atoms with Gasteiger partial charge in [0.25, 0.3) is 0 Å². The first kappa shape index (κ1) is 22.9. The van der Waals surface area contributed by atoms with Crippen LogP contribution in [0.3, 0.4) is 0 Å². The number of hydrogen-bond acceptors (Lipinski definition) is 4. The summed E-state index contributed by atoms with van der Waals surface area (Å²) in [5, 5.41) is 18.8. The van der Waals surface area contributed by atoms with Gasteiger partial charge in [-0.15, -0.1) is 4.73 Å². The normalized spacial score (nSPS) is 11.6. The minimum Gasteiger partial charge on any atom is -0.492 e. The van der Waals surface area contributed by atoms with Gasteiger partial charge in [0.2, 0.25) is 11.8 Å². The Bertz CT molecular complexity index is 555. The molecule has 5 heteroatoms. The summed E-state index contributed by atoms with van der Waals surface area (Å²) in [5.74, 6) is -1.04. The van der Waals surface area contributed by atoms with Gasteiger partial charge < -0.3 is 15.1 Å². The van der Waals surface area contributed by atoms with Crippen LogP contribution in [0.2, 0.25) is 0 Å². The molecule has 2 N–H and O–H groups in total. The van der Waals surface area contributed by atoms with E-state index in [-0.39, 0.29) is 18.2 Å². The zero-order chi connectivity index (χ0) is 19.7. The van der Waals surface area contributed by atoms with Crippen molar-refractivity contribution >= 4 is 5.97 Å². The van der Waals surface area contributed by atoms with E-state index >= 15 is 0 Å². The van der Waals surface area contributed by atoms with Gasteiger partial charge in [-0.1, -0.05) is 63.3 Å². The average molecular weight is 378 g/mol. The highest BCUT2D eigenvalue weighted by Crippen LogP contribution is 2.19. The van der Waals surface area contributed by atoms with Gasteiger partial charge in [0.05, 0.1) is 0 Å². The second-order valence-electron chi connectivity index (χ2n) is 6.79. The molecule has 1 heterocycles. The molecule has 1 aromatic rings. The predicted octanol–water partition coefficient (Wildman–Crippen LogP) is 5.67. The molecule has 0 radical (unpaired) electrons. The standard InChI is InChI=1S/C22H35NO4/c1-2-3-4-5-6-7-8-9-10-11-12-13-14-15-16-17-22(26)27-23-20(24)18-19-21(23)25/h6-7,9-10,18-19,24-25H,2-5,8,11-17H2,1H3. The third kappa shape index (κ3) is 11.2. The molecular formula is C22H35NO4. The van der Waals surface area contributed by atoms with E-state index in [1.54, 1.807) is 0 Å². The van der Waals surface area contributed by atoms with Gasteiger partial charge in [-0.25, -0.2) is 4.79 Å². The number of allylic oxidation sites excluding steroid dienone is 4. The lowest BCUT2D eigenvalue weighted by atomic mass is 10.1. The Balaban J connectivity index is 1.92. The second-order valence-corrected chi connectivity index (χ2v) is 6.79. The fraction of sp³-hybridized carbons (Fsp3) is 0.591. The lowest BCUT2D eigenvalue weighted by Crippen LogP contribution is -2.18. The Labute approximate surface area is 163 Å². The molecule has 0 saturated heterocycles. The number of aromatic nitrogens is 1. The Morgan fingerprint density at radius 2 is 1.44 bits per heavy atom. The molecule has 0 aliphatic rings. The summed E-state index contributed by atoms with van der Waals surface area (Å²) in [5.41, 5.74) is 0. The highest BCUT2D eigenvalue weighted by atomic mass is 16.7. The SMILES string of the molecule is CCCCCC=CCC=CCCCCCCCC(=O)On1c(O)ccc1O. The predicted molar refractivity (Wildman–Crippen MR) is 109 cm³/mol. The Kier molecular flexibility index (Phi) is 12.7. The molecule has 0 saturated carbocycles. The van der Waals surface area contributed by atoms with Crippen molar-refractivity contribution in [2.45, 2.75) is 84.0 Å². The van der Waals surface area contributed by atoms with Crippen molar-refractivity contribution in [3.05, 3.63) is 36.4 Å². The number of unbranched alkanes of at least 4 members (excludes halogenated alkanes) is 8. The van der Waals surface area contributed by atoms with Crippen LogP contribution in [-0.2, 0) is 4.79 Å². The number of rotatable bonds is 15. The van der Waals surface area contributed by atoms with Crippen LogP contribution in [0.1, 0.15) is 84.0 Å². The summed E-state index contributed by atoms with van der Waals surface area (Å²) < 4.78 is 0.731. The molecule has 0 fully saturated rings. The van der Waals surface area contributed by atoms with Gasteiger partial charge >= 0.3 is 5.97 Å². The molecule has 0 spiro atoms. The van der Waals surface area contributed by atoms with Crippen molar-refractivity contribution in [2.75, 3.05) is 0 Å². The molecule has 0 bridgehead atoms. The molecule has 0 atom stereocenters. The summed E-state index contributed by atoms with van der Waals surface area (Å²) >= 11 is 0. The van der Waals surface area contributed by atoms with Crippen LogP contribution in [-0.4, -0.2) is 20.9 Å². The molecule has 152 valence electrons. The van der Waals surface area contributed by atoms with Crippen LogP contribution < -0.4 is 4.84 Å². The van der Waals surface area contributed by atoms with E-state index in [4.69, 9.17) is 4.84 Å². The monoisotopic (exact) mass is 377 g/mol. The Hall–Kier alpha value is -2.17. The maximum absolute atomic E-state index is 11.7. The third-order valence-electron chi connectivity index (χ3n) is 4.32. The molecule has 27 heavy (non-hydrogen) atoms. The summed E-state index contributed by atoms with van der Waals surface area (Å²) in [6.07, 6.45) is 21.7. The van der Waals surface area contributed by atoms with Crippen LogP contribution in [0.5, 0.6) is 11.8 Å². The molecule has 0 amide bonds. The number of carbonyl (C=O) groups is 1. The van der Waals surface area contributed by atoms with Crippen molar-refractivity contribution in [3.63, 3.8) is 0 Å². The fourth-order valence-electron chi connectivity index (χ4n) is 2.72. The molecular weight excluding hydrogens is 342 g/mol. The highest BCUT2D eigenvalue weighted by molar-refractivity contribution is 5.69. The van der Waals surface area contributed by atoms with Gasteiger partial charge in [-0.3, -0.25) is 0 Å². The second kappa shape index (κ2) is 14.9. The molecule has 1 aromatic heterocycles. The first-order valence-electron chi connectivity index (χ1n) is 10.3. The maximum Gasteiger partial charge on any atom is 0.333 e. The average Bonchev–Trinajstić information content (AvgIpc) is 2.97. The molecule has 0 aromatic carbocycles. The topological polar surface area (TPSA) is 71.7 Å². The maximum atomic E-state index is 11.7. The van der Waals surface area contributed by atoms with E-state index in [2.05, 4.69) is 31.2 Å². The zero-order valence-corrected chi connectivity index (χ0v) is 16.6. The van der Waals surface area contributed by atoms with E-state index in [0.29, 0.717) is 0 Å². The largest absolute Gasteiger partial charge is 0.492 e. The van der Waals surface area contributed by atoms with Crippen LogP contribution in [0.4, 0.5) is 0 Å². The van der Waals surface area contributed by atoms with Gasteiger partial charge in [-0.05, 0) is 38.5 Å². The minimum atomic E-state index is -0.456. The highest BCUT2D eigenvalue weighted by Gasteiger charge is 2.11. The number of aromatic hydroxyl groups is 2. The van der Waals surface area contributed by atoms with E-state index in [0.717, 1.165) is 43.3 Å². The van der Waals surface area contributed by atoms with Gasteiger partial charge in [0, 0.05) is 18.6 Å². The van der Waals surface area contributed by atoms with Crippen molar-refractivity contribution in [1.82, 2.24) is 4.73 Å². The Morgan fingerprint density at radius 3 is 2.07 bits per heavy atom. The van der Waals surface area contributed by atoms with Crippen molar-refractivity contribution in [1.29, 1.82) is 0 Å². The van der Waals surface area contributed by atoms with Crippen LogP contribution >= 0.6 is 0 Å². The zero-order valence-electron chi connectivity index (χ0n) is 16.6. The smallest absolute Gasteiger partial charge is 0.333 e. The fourth-order valence-corrected chi connectivity index (χ4v) is 2.72. The lowest BCUT2D eigenvalue weighted by Gasteiger charge is -2.06. The number of hydrogen-bond donors (Lipinski definition) is 2. The van der Waals surface area contributed by atoms with Crippen molar-refractivity contribution < 1.29 is 19.8 Å². The lowest BCUT2D eigenvalue weighted by molar-refractivity contribution is -0.145. The summed E-state index contributed by atoms with van der Waals surface area (Å²) in [7, 11) is 0. The third-order valence-corrected chi connectivity index (χ3v) is 4.32. The van der Waals surface area contributed by atoms with Crippen LogP contribution in [0.25, 0.3) is 0 Å². The van der Waals surface area contributed by atoms with E-state index in [1.165, 1.54) is 44.2 Å². The first-order valence-corrected chi connectivity index (χ1v) is 10.3. The van der Waals surface area contributed by atoms with Gasteiger partial charge in [-0.2, -0.15) is 0 Å². The van der Waals surface area contributed by atoms with Crippen LogP contribution in [0, 0.1) is 0 Å². The molecule has 0 unspecified atom stereocenters. The van der Waals surface area contributed by atoms with Crippen LogP contribution in [0.15, 0.2) is 36.4 Å².